The highest BCUT2D eigenvalue weighted by Gasteiger charge is 2.43. The van der Waals surface area contributed by atoms with E-state index in [0.29, 0.717) is 30.0 Å². The number of esters is 1. The molecule has 0 amide bonds. The molecule has 7 nitrogen and oxygen atoms in total. The van der Waals surface area contributed by atoms with Crippen LogP contribution in [0.15, 0.2) is 36.4 Å². The fourth-order valence-electron chi connectivity index (χ4n) is 3.85. The van der Waals surface area contributed by atoms with Crippen LogP contribution in [-0.4, -0.2) is 54.8 Å². The fraction of sp³-hybridized carbons (Fsp3) is 0.625. The van der Waals surface area contributed by atoms with Crippen molar-refractivity contribution in [2.45, 2.75) is 76.5 Å². The van der Waals surface area contributed by atoms with Gasteiger partial charge in [-0.15, -0.1) is 0 Å². The standard InChI is InChI=1S/C24H37ClO7P2/c1-16(2)30-23(27)11-6-4-3-5-10-20-21(26)13-22(32-34)24(20)29-15-19(31-33)14-28-18-9-7-8-17(25)12-18/h3,5,7-9,12,16,19-22,24,26H,4,6,10-11,13-15,33-34H2,1-2H3/b5-3+. The summed E-state index contributed by atoms with van der Waals surface area (Å²) in [6.45, 7) is 4.25. The summed E-state index contributed by atoms with van der Waals surface area (Å²) >= 11 is 6.00. The van der Waals surface area contributed by atoms with Gasteiger partial charge in [-0.05, 0) is 51.3 Å². The molecular weight excluding hydrogens is 498 g/mol. The minimum Gasteiger partial charge on any atom is -0.491 e. The van der Waals surface area contributed by atoms with Crippen molar-refractivity contribution in [3.8, 4) is 5.75 Å². The Bertz CT molecular complexity index is 765. The Morgan fingerprint density at radius 3 is 2.74 bits per heavy atom. The third kappa shape index (κ3) is 10.5. The molecular formula is C24H37ClO7P2. The predicted octanol–water partition coefficient (Wildman–Crippen LogP) is 4.90. The molecule has 0 heterocycles. The Morgan fingerprint density at radius 2 is 2.06 bits per heavy atom. The van der Waals surface area contributed by atoms with Crippen LogP contribution in [0.1, 0.15) is 46.0 Å². The molecule has 1 aliphatic rings. The summed E-state index contributed by atoms with van der Waals surface area (Å²) in [5.74, 6) is 0.378. The Labute approximate surface area is 212 Å². The van der Waals surface area contributed by atoms with Crippen LogP contribution in [0.4, 0.5) is 0 Å². The number of halogens is 1. The maximum absolute atomic E-state index is 11.6. The number of ether oxygens (including phenoxy) is 3. The zero-order chi connectivity index (χ0) is 24.9. The lowest BCUT2D eigenvalue weighted by Gasteiger charge is -2.26. The summed E-state index contributed by atoms with van der Waals surface area (Å²) in [7, 11) is 4.52. The van der Waals surface area contributed by atoms with Gasteiger partial charge in [0.15, 0.2) is 0 Å². The first-order chi connectivity index (χ1) is 16.3. The zero-order valence-corrected chi connectivity index (χ0v) is 22.9. The van der Waals surface area contributed by atoms with Crippen LogP contribution >= 0.6 is 30.5 Å². The molecule has 10 heteroatoms. The van der Waals surface area contributed by atoms with Crippen LogP contribution in [0.5, 0.6) is 5.75 Å². The second-order valence-corrected chi connectivity index (χ2v) is 9.58. The van der Waals surface area contributed by atoms with Gasteiger partial charge in [0.1, 0.15) is 18.5 Å². The molecule has 0 bridgehead atoms. The molecule has 1 aromatic carbocycles. The molecule has 1 N–H and O–H groups in total. The smallest absolute Gasteiger partial charge is 0.306 e. The second kappa shape index (κ2) is 16.1. The third-order valence-corrected chi connectivity index (χ3v) is 6.49. The van der Waals surface area contributed by atoms with Crippen LogP contribution < -0.4 is 4.74 Å². The van der Waals surface area contributed by atoms with Crippen molar-refractivity contribution in [1.29, 1.82) is 0 Å². The van der Waals surface area contributed by atoms with Crippen molar-refractivity contribution in [3.63, 3.8) is 0 Å². The first-order valence-electron chi connectivity index (χ1n) is 11.6. The minimum atomic E-state index is -0.528. The van der Waals surface area contributed by atoms with Gasteiger partial charge >= 0.3 is 5.97 Å². The van der Waals surface area contributed by atoms with E-state index < -0.39 is 6.10 Å². The molecule has 1 saturated carbocycles. The first kappa shape index (κ1) is 29.5. The lowest BCUT2D eigenvalue weighted by Crippen LogP contribution is -2.35. The van der Waals surface area contributed by atoms with Crippen LogP contribution in [0.2, 0.25) is 5.02 Å². The summed E-state index contributed by atoms with van der Waals surface area (Å²) in [5.41, 5.74) is 0. The summed E-state index contributed by atoms with van der Waals surface area (Å²) in [6.07, 6.45) is 5.66. The van der Waals surface area contributed by atoms with E-state index >= 15 is 0 Å². The third-order valence-electron chi connectivity index (χ3n) is 5.52. The molecule has 0 spiro atoms. The number of rotatable bonds is 15. The number of aliphatic hydroxyl groups excluding tert-OH is 1. The van der Waals surface area contributed by atoms with Gasteiger partial charge in [-0.25, -0.2) is 0 Å². The summed E-state index contributed by atoms with van der Waals surface area (Å²) < 4.78 is 28.0. The van der Waals surface area contributed by atoms with Gasteiger partial charge < -0.3 is 28.4 Å². The van der Waals surface area contributed by atoms with Gasteiger partial charge in [0, 0.05) is 42.7 Å². The van der Waals surface area contributed by atoms with Crippen LogP contribution in [0.3, 0.4) is 0 Å². The Hall–Kier alpha value is -0.780. The number of hydrogen-bond acceptors (Lipinski definition) is 7. The normalized spacial score (nSPS) is 23.5. The molecule has 7 atom stereocenters. The number of unbranched alkanes of at least 4 members (excludes halogenated alkanes) is 1. The summed E-state index contributed by atoms with van der Waals surface area (Å²) in [5, 5.41) is 11.2. The quantitative estimate of drug-likeness (QED) is 0.148. The molecule has 1 aromatic rings. The molecule has 1 aliphatic carbocycles. The van der Waals surface area contributed by atoms with Crippen molar-refractivity contribution < 1.29 is 33.2 Å². The average Bonchev–Trinajstić information content (AvgIpc) is 3.10. The average molecular weight is 535 g/mol. The van der Waals surface area contributed by atoms with Crippen LogP contribution in [-0.2, 0) is 23.3 Å². The van der Waals surface area contributed by atoms with Gasteiger partial charge in [-0.3, -0.25) is 4.79 Å². The van der Waals surface area contributed by atoms with Gasteiger partial charge in [0.2, 0.25) is 0 Å². The summed E-state index contributed by atoms with van der Waals surface area (Å²) in [6, 6.07) is 7.17. The van der Waals surface area contributed by atoms with Gasteiger partial charge in [0.25, 0.3) is 0 Å². The SMILES string of the molecule is CC(C)OC(=O)CCC/C=C/CC1C(O)CC(OP)C1OCC(COc1cccc(Cl)c1)OP. The molecule has 0 radical (unpaired) electrons. The van der Waals surface area contributed by atoms with E-state index in [1.807, 2.05) is 38.1 Å². The second-order valence-electron chi connectivity index (χ2n) is 8.60. The maximum Gasteiger partial charge on any atom is 0.306 e. The van der Waals surface area contributed by atoms with E-state index in [0.717, 1.165) is 12.8 Å². The number of aliphatic hydroxyl groups is 1. The zero-order valence-electron chi connectivity index (χ0n) is 19.8. The maximum atomic E-state index is 11.6. The lowest BCUT2D eigenvalue weighted by atomic mass is 9.98. The number of benzene rings is 1. The molecule has 2 rings (SSSR count). The number of carbonyl (C=O) groups excluding carboxylic acids is 1. The van der Waals surface area contributed by atoms with E-state index in [-0.39, 0.29) is 49.5 Å². The highest BCUT2D eigenvalue weighted by molar-refractivity contribution is 7.10. The number of carbonyl (C=O) groups is 1. The van der Waals surface area contributed by atoms with Crippen LogP contribution in [0.25, 0.3) is 0 Å². The van der Waals surface area contributed by atoms with Crippen molar-refractivity contribution in [2.24, 2.45) is 5.92 Å². The van der Waals surface area contributed by atoms with E-state index in [2.05, 4.69) is 18.9 Å². The van der Waals surface area contributed by atoms with E-state index in [1.54, 1.807) is 12.1 Å². The van der Waals surface area contributed by atoms with Crippen LogP contribution in [0, 0.1) is 5.92 Å². The molecule has 0 saturated heterocycles. The summed E-state index contributed by atoms with van der Waals surface area (Å²) in [4.78, 5) is 11.6. The topological polar surface area (TPSA) is 83.5 Å². The Balaban J connectivity index is 1.81. The van der Waals surface area contributed by atoms with Gasteiger partial charge in [-0.2, -0.15) is 0 Å². The Kier molecular flexibility index (Phi) is 13.9. The van der Waals surface area contributed by atoms with Crippen molar-refractivity contribution in [1.82, 2.24) is 0 Å². The first-order valence-corrected chi connectivity index (χ1v) is 12.9. The minimum absolute atomic E-state index is 0.0876. The monoisotopic (exact) mass is 534 g/mol. The number of allylic oxidation sites excluding steroid dienone is 2. The molecule has 34 heavy (non-hydrogen) atoms. The molecule has 192 valence electrons. The highest BCUT2D eigenvalue weighted by Crippen LogP contribution is 2.35. The predicted molar refractivity (Wildman–Crippen MR) is 139 cm³/mol. The van der Waals surface area contributed by atoms with Gasteiger partial charge in [0.05, 0.1) is 31.0 Å². The molecule has 7 unspecified atom stereocenters. The Morgan fingerprint density at radius 1 is 1.26 bits per heavy atom. The molecule has 0 aromatic heterocycles. The van der Waals surface area contributed by atoms with Crippen molar-refractivity contribution in [2.75, 3.05) is 13.2 Å². The fourth-order valence-corrected chi connectivity index (χ4v) is 4.45. The highest BCUT2D eigenvalue weighted by atomic mass is 35.5. The van der Waals surface area contributed by atoms with Gasteiger partial charge in [-0.1, -0.05) is 29.8 Å². The van der Waals surface area contributed by atoms with E-state index in [4.69, 9.17) is 34.9 Å². The van der Waals surface area contributed by atoms with Crippen molar-refractivity contribution >= 4 is 36.5 Å². The lowest BCUT2D eigenvalue weighted by molar-refractivity contribution is -0.147. The van der Waals surface area contributed by atoms with E-state index in [1.165, 1.54) is 0 Å². The largest absolute Gasteiger partial charge is 0.491 e. The number of hydrogen-bond donors (Lipinski definition) is 1. The molecule has 0 aliphatic heterocycles. The molecule has 1 fully saturated rings. The van der Waals surface area contributed by atoms with Crippen molar-refractivity contribution in [3.05, 3.63) is 41.4 Å². The van der Waals surface area contributed by atoms with E-state index in [9.17, 15) is 9.90 Å².